The van der Waals surface area contributed by atoms with E-state index in [-0.39, 0.29) is 0 Å². The summed E-state index contributed by atoms with van der Waals surface area (Å²) in [6.07, 6.45) is 7.66. The van der Waals surface area contributed by atoms with Crippen LogP contribution < -0.4 is 0 Å². The van der Waals surface area contributed by atoms with Crippen LogP contribution in [0.1, 0.15) is 19.3 Å². The zero-order valence-corrected chi connectivity index (χ0v) is 9.63. The zero-order valence-electron chi connectivity index (χ0n) is 8.00. The summed E-state index contributed by atoms with van der Waals surface area (Å²) in [6, 6.07) is 0. The fourth-order valence-corrected chi connectivity index (χ4v) is 4.11. The van der Waals surface area contributed by atoms with Gasteiger partial charge in [-0.3, -0.25) is 4.79 Å². The molecule has 2 bridgehead atoms. The van der Waals surface area contributed by atoms with Crippen LogP contribution in [0.5, 0.6) is 0 Å². The van der Waals surface area contributed by atoms with Crippen molar-refractivity contribution in [2.75, 3.05) is 12.5 Å². The maximum absolute atomic E-state index is 11.8. The van der Waals surface area contributed by atoms with E-state index in [0.29, 0.717) is 17.6 Å². The van der Waals surface area contributed by atoms with Gasteiger partial charge in [-0.15, -0.1) is 23.5 Å². The molecule has 0 saturated heterocycles. The molecule has 72 valence electrons. The van der Waals surface area contributed by atoms with E-state index in [9.17, 15) is 4.79 Å². The average molecular weight is 214 g/mol. The van der Waals surface area contributed by atoms with Crippen LogP contribution >= 0.6 is 23.5 Å². The van der Waals surface area contributed by atoms with Gasteiger partial charge in [0.25, 0.3) is 0 Å². The molecular weight excluding hydrogens is 200 g/mol. The highest BCUT2D eigenvalue weighted by Crippen LogP contribution is 2.49. The third-order valence-corrected chi connectivity index (χ3v) is 5.25. The molecular formula is C10H14OS2. The van der Waals surface area contributed by atoms with E-state index in [1.54, 1.807) is 23.5 Å². The molecule has 0 aromatic heterocycles. The summed E-state index contributed by atoms with van der Waals surface area (Å²) in [5, 5.41) is 0. The van der Waals surface area contributed by atoms with E-state index in [1.165, 1.54) is 10.7 Å². The van der Waals surface area contributed by atoms with Gasteiger partial charge in [0.2, 0.25) is 0 Å². The molecule has 1 nitrogen and oxygen atoms in total. The molecule has 0 aliphatic heterocycles. The van der Waals surface area contributed by atoms with Crippen LogP contribution in [0, 0.1) is 11.8 Å². The first-order chi connectivity index (χ1) is 6.27. The van der Waals surface area contributed by atoms with Crippen molar-refractivity contribution in [1.82, 2.24) is 0 Å². The minimum Gasteiger partial charge on any atom is -0.294 e. The summed E-state index contributed by atoms with van der Waals surface area (Å²) in [7, 11) is 0. The van der Waals surface area contributed by atoms with Crippen molar-refractivity contribution in [1.29, 1.82) is 0 Å². The van der Waals surface area contributed by atoms with E-state index >= 15 is 0 Å². The Kier molecular flexibility index (Phi) is 2.75. The smallest absolute Gasteiger partial charge is 0.163 e. The molecule has 0 heterocycles. The molecule has 2 aliphatic carbocycles. The second-order valence-electron chi connectivity index (χ2n) is 3.68. The van der Waals surface area contributed by atoms with Crippen LogP contribution in [0.25, 0.3) is 0 Å². The van der Waals surface area contributed by atoms with Crippen LogP contribution in [0.2, 0.25) is 0 Å². The predicted molar refractivity (Wildman–Crippen MR) is 59.9 cm³/mol. The van der Waals surface area contributed by atoms with Gasteiger partial charge in [-0.05, 0) is 37.7 Å². The number of Topliss-reactive ketones (excluding diaryl/α,β-unsaturated/α-hetero) is 1. The second-order valence-corrected chi connectivity index (χ2v) is 5.57. The van der Waals surface area contributed by atoms with Crippen molar-refractivity contribution in [2.45, 2.75) is 19.3 Å². The number of allylic oxidation sites excluding steroid dienone is 1. The highest BCUT2D eigenvalue weighted by atomic mass is 32.2. The number of thioether (sulfide) groups is 2. The topological polar surface area (TPSA) is 17.1 Å². The quantitative estimate of drug-likeness (QED) is 0.658. The predicted octanol–water partition coefficient (Wildman–Crippen LogP) is 2.92. The summed E-state index contributed by atoms with van der Waals surface area (Å²) in [6.45, 7) is 0. The number of hydrogen-bond acceptors (Lipinski definition) is 3. The number of rotatable bonds is 2. The molecule has 0 unspecified atom stereocenters. The lowest BCUT2D eigenvalue weighted by Crippen LogP contribution is -2.13. The van der Waals surface area contributed by atoms with Gasteiger partial charge in [0.15, 0.2) is 5.78 Å². The largest absolute Gasteiger partial charge is 0.294 e. The van der Waals surface area contributed by atoms with E-state index in [2.05, 4.69) is 12.5 Å². The van der Waals surface area contributed by atoms with Gasteiger partial charge in [-0.25, -0.2) is 0 Å². The molecule has 0 radical (unpaired) electrons. The summed E-state index contributed by atoms with van der Waals surface area (Å²) in [5.41, 5.74) is 1.16. The Bertz CT molecular complexity index is 264. The van der Waals surface area contributed by atoms with E-state index in [4.69, 9.17) is 0 Å². The fraction of sp³-hybridized carbons (Fsp3) is 0.700. The lowest BCUT2D eigenvalue weighted by molar-refractivity contribution is -0.118. The highest BCUT2D eigenvalue weighted by molar-refractivity contribution is 8.21. The Hall–Kier alpha value is 0.110. The van der Waals surface area contributed by atoms with Crippen LogP contribution in [-0.2, 0) is 4.79 Å². The van der Waals surface area contributed by atoms with Crippen molar-refractivity contribution < 1.29 is 4.79 Å². The molecule has 2 fully saturated rings. The summed E-state index contributed by atoms with van der Waals surface area (Å²) in [4.78, 5) is 11.8. The molecule has 0 N–H and O–H groups in total. The van der Waals surface area contributed by atoms with Gasteiger partial charge < -0.3 is 0 Å². The SMILES string of the molecule is CSC(SC)=C1C(=O)[C@H]2CC[C@@H]1C2. The zero-order chi connectivity index (χ0) is 9.42. The average Bonchev–Trinajstić information content (AvgIpc) is 2.70. The Balaban J connectivity index is 2.33. The molecule has 2 rings (SSSR count). The van der Waals surface area contributed by atoms with Crippen LogP contribution in [0.3, 0.4) is 0 Å². The number of carbonyl (C=O) groups excluding carboxylic acids is 1. The van der Waals surface area contributed by atoms with Gasteiger partial charge in [-0.2, -0.15) is 0 Å². The van der Waals surface area contributed by atoms with Gasteiger partial charge in [0, 0.05) is 15.7 Å². The lowest BCUT2D eigenvalue weighted by atomic mass is 9.95. The van der Waals surface area contributed by atoms with E-state index < -0.39 is 0 Å². The monoisotopic (exact) mass is 214 g/mol. The minimum absolute atomic E-state index is 0.384. The molecule has 0 aromatic carbocycles. The molecule has 3 heteroatoms. The molecule has 13 heavy (non-hydrogen) atoms. The first-order valence-corrected chi connectivity index (χ1v) is 7.09. The normalized spacial score (nSPS) is 31.5. The Morgan fingerprint density at radius 1 is 1.23 bits per heavy atom. The number of ketones is 1. The summed E-state index contributed by atoms with van der Waals surface area (Å²) in [5.74, 6) is 1.44. The Morgan fingerprint density at radius 2 is 1.85 bits per heavy atom. The number of hydrogen-bond donors (Lipinski definition) is 0. The first-order valence-electron chi connectivity index (χ1n) is 4.64. The fourth-order valence-electron chi connectivity index (χ4n) is 2.47. The molecule has 2 saturated carbocycles. The second kappa shape index (κ2) is 3.70. The maximum Gasteiger partial charge on any atom is 0.163 e. The van der Waals surface area contributed by atoms with Crippen molar-refractivity contribution in [3.05, 3.63) is 9.81 Å². The highest BCUT2D eigenvalue weighted by Gasteiger charge is 2.43. The Labute approximate surface area is 87.7 Å². The van der Waals surface area contributed by atoms with Crippen molar-refractivity contribution in [3.63, 3.8) is 0 Å². The molecule has 0 amide bonds. The van der Waals surface area contributed by atoms with Crippen LogP contribution in [0.4, 0.5) is 0 Å². The van der Waals surface area contributed by atoms with Crippen molar-refractivity contribution in [2.24, 2.45) is 11.8 Å². The van der Waals surface area contributed by atoms with E-state index in [0.717, 1.165) is 18.4 Å². The summed E-state index contributed by atoms with van der Waals surface area (Å²) >= 11 is 3.46. The van der Waals surface area contributed by atoms with Gasteiger partial charge in [0.05, 0.1) is 0 Å². The molecule has 0 spiro atoms. The third kappa shape index (κ3) is 1.46. The number of fused-ring (bicyclic) bond motifs is 2. The van der Waals surface area contributed by atoms with Crippen molar-refractivity contribution in [3.8, 4) is 0 Å². The third-order valence-electron chi connectivity index (χ3n) is 3.07. The number of carbonyl (C=O) groups is 1. The minimum atomic E-state index is 0.384. The van der Waals surface area contributed by atoms with Gasteiger partial charge in [0.1, 0.15) is 0 Å². The van der Waals surface area contributed by atoms with Crippen LogP contribution in [-0.4, -0.2) is 18.3 Å². The maximum atomic E-state index is 11.8. The molecule has 2 aliphatic rings. The first kappa shape index (κ1) is 9.66. The van der Waals surface area contributed by atoms with Gasteiger partial charge >= 0.3 is 0 Å². The van der Waals surface area contributed by atoms with Gasteiger partial charge in [-0.1, -0.05) is 0 Å². The summed E-state index contributed by atoms with van der Waals surface area (Å²) < 4.78 is 1.26. The lowest BCUT2D eigenvalue weighted by Gasteiger charge is -2.15. The van der Waals surface area contributed by atoms with Crippen LogP contribution in [0.15, 0.2) is 9.81 Å². The standard InChI is InChI=1S/C10H14OS2/c1-12-10(13-2)8-6-3-4-7(5-6)9(8)11/h6-7H,3-5H2,1-2H3/t6-,7+/m1/s1. The van der Waals surface area contributed by atoms with Crippen molar-refractivity contribution >= 4 is 29.3 Å². The Morgan fingerprint density at radius 3 is 2.31 bits per heavy atom. The molecule has 2 atom stereocenters. The molecule has 0 aromatic rings. The van der Waals surface area contributed by atoms with E-state index in [1.807, 2.05) is 0 Å².